The van der Waals surface area contributed by atoms with Gasteiger partial charge in [0.2, 0.25) is 5.91 Å². The molecule has 0 aliphatic heterocycles. The van der Waals surface area contributed by atoms with E-state index in [2.05, 4.69) is 58.2 Å². The van der Waals surface area contributed by atoms with Gasteiger partial charge in [-0.1, -0.05) is 68.7 Å². The third-order valence-corrected chi connectivity index (χ3v) is 4.96. The van der Waals surface area contributed by atoms with Gasteiger partial charge in [-0.3, -0.25) is 4.79 Å². The summed E-state index contributed by atoms with van der Waals surface area (Å²) in [5.74, 6) is -0.0110. The van der Waals surface area contributed by atoms with Gasteiger partial charge in [0, 0.05) is 12.6 Å². The molecule has 144 valence electrons. The number of carbonyl (C=O) groups excluding carboxylic acids is 1. The Bertz CT molecular complexity index is 627. The van der Waals surface area contributed by atoms with Crippen molar-refractivity contribution in [1.82, 2.24) is 5.32 Å². The molecule has 0 atom stereocenters. The number of rotatable bonds is 8. The monoisotopic (exact) mass is 355 g/mol. The summed E-state index contributed by atoms with van der Waals surface area (Å²) >= 11 is 0. The summed E-state index contributed by atoms with van der Waals surface area (Å²) in [7, 11) is 0. The van der Waals surface area contributed by atoms with Crippen LogP contribution in [0.15, 0.2) is 58.7 Å². The van der Waals surface area contributed by atoms with Crippen molar-refractivity contribution in [2.45, 2.75) is 73.6 Å². The van der Waals surface area contributed by atoms with Crippen molar-refractivity contribution in [2.75, 3.05) is 6.54 Å². The highest BCUT2D eigenvalue weighted by Gasteiger charge is 2.26. The first kappa shape index (κ1) is 22.2. The van der Waals surface area contributed by atoms with E-state index in [9.17, 15) is 4.79 Å². The van der Waals surface area contributed by atoms with Crippen LogP contribution in [0.5, 0.6) is 0 Å². The molecule has 0 saturated carbocycles. The summed E-state index contributed by atoms with van der Waals surface area (Å²) in [5.41, 5.74) is 5.45. The van der Waals surface area contributed by atoms with Crippen LogP contribution in [-0.2, 0) is 4.79 Å². The Morgan fingerprint density at radius 2 is 1.92 bits per heavy atom. The van der Waals surface area contributed by atoms with Gasteiger partial charge in [-0.25, -0.2) is 0 Å². The Labute approximate surface area is 160 Å². The molecule has 1 rings (SSSR count). The first-order chi connectivity index (χ1) is 12.3. The topological polar surface area (TPSA) is 29.1 Å². The molecular formula is C24H37NO. The third-order valence-electron chi connectivity index (χ3n) is 4.96. The van der Waals surface area contributed by atoms with Gasteiger partial charge in [-0.2, -0.15) is 0 Å². The molecule has 0 spiro atoms. The molecule has 0 heterocycles. The molecule has 0 aromatic rings. The molecule has 0 fully saturated rings. The number of unbranched alkanes of at least 4 members (excludes halogenated alkanes) is 1. The molecule has 1 aliphatic rings. The van der Waals surface area contributed by atoms with Crippen molar-refractivity contribution < 1.29 is 4.79 Å². The average Bonchev–Trinajstić information content (AvgIpc) is 2.54. The summed E-state index contributed by atoms with van der Waals surface area (Å²) in [4.78, 5) is 11.7. The van der Waals surface area contributed by atoms with Crippen molar-refractivity contribution in [2.24, 2.45) is 5.41 Å². The van der Waals surface area contributed by atoms with Crippen LogP contribution >= 0.6 is 0 Å². The van der Waals surface area contributed by atoms with E-state index in [1.165, 1.54) is 36.0 Å². The fourth-order valence-electron chi connectivity index (χ4n) is 3.33. The fourth-order valence-corrected chi connectivity index (χ4v) is 3.33. The lowest BCUT2D eigenvalue weighted by atomic mass is 9.72. The molecule has 0 unspecified atom stereocenters. The number of carbonyl (C=O) groups is 1. The second kappa shape index (κ2) is 11.0. The van der Waals surface area contributed by atoms with Crippen LogP contribution in [0, 0.1) is 5.41 Å². The number of allylic oxidation sites excluding steroid dienone is 9. The van der Waals surface area contributed by atoms with Gasteiger partial charge in [0.05, 0.1) is 0 Å². The summed E-state index contributed by atoms with van der Waals surface area (Å²) in [6.07, 6.45) is 18.1. The van der Waals surface area contributed by atoms with Gasteiger partial charge in [0.1, 0.15) is 0 Å². The van der Waals surface area contributed by atoms with Crippen molar-refractivity contribution in [1.29, 1.82) is 0 Å². The predicted octanol–water partition coefficient (Wildman–Crippen LogP) is 6.43. The van der Waals surface area contributed by atoms with Gasteiger partial charge in [-0.05, 0) is 63.0 Å². The van der Waals surface area contributed by atoms with Crippen LogP contribution < -0.4 is 5.32 Å². The van der Waals surface area contributed by atoms with Gasteiger partial charge in [0.25, 0.3) is 0 Å². The normalized spacial score (nSPS) is 18.8. The Kier molecular flexibility index (Phi) is 9.40. The summed E-state index contributed by atoms with van der Waals surface area (Å²) in [5, 5.41) is 2.90. The zero-order chi connectivity index (χ0) is 19.6. The van der Waals surface area contributed by atoms with E-state index in [-0.39, 0.29) is 11.3 Å². The smallest absolute Gasteiger partial charge is 0.244 e. The van der Waals surface area contributed by atoms with Crippen molar-refractivity contribution in [3.8, 4) is 0 Å². The van der Waals surface area contributed by atoms with Crippen LogP contribution in [-0.4, -0.2) is 12.5 Å². The number of hydrogen-bond donors (Lipinski definition) is 1. The number of amides is 1. The van der Waals surface area contributed by atoms with E-state index < -0.39 is 0 Å². The summed E-state index contributed by atoms with van der Waals surface area (Å²) in [6.45, 7) is 13.9. The molecule has 1 aliphatic carbocycles. The maximum Gasteiger partial charge on any atom is 0.244 e. The number of nitrogens with one attached hydrogen (secondary N) is 1. The standard InChI is InChI=1S/C24H37NO/c1-7-8-17-25-23(26)18-20(3)12-9-11-19(2)14-15-22-21(4)13-10-16-24(22,5)6/h9,11-12,14-15,18H,7-8,10,13,16-17H2,1-6H3,(H,25,26)/b12-9+,15-14+,19-11+,20-18+. The lowest BCUT2D eigenvalue weighted by molar-refractivity contribution is -0.116. The summed E-state index contributed by atoms with van der Waals surface area (Å²) in [6, 6.07) is 0. The zero-order valence-corrected chi connectivity index (χ0v) is 17.6. The van der Waals surface area contributed by atoms with Crippen LogP contribution in [0.3, 0.4) is 0 Å². The average molecular weight is 356 g/mol. The molecule has 0 saturated heterocycles. The second-order valence-electron chi connectivity index (χ2n) is 8.07. The van der Waals surface area contributed by atoms with Gasteiger partial charge in [-0.15, -0.1) is 0 Å². The highest BCUT2D eigenvalue weighted by atomic mass is 16.1. The molecular weight excluding hydrogens is 318 g/mol. The van der Waals surface area contributed by atoms with Gasteiger partial charge < -0.3 is 5.32 Å². The molecule has 1 amide bonds. The van der Waals surface area contributed by atoms with Crippen molar-refractivity contribution >= 4 is 5.91 Å². The first-order valence-electron chi connectivity index (χ1n) is 9.95. The van der Waals surface area contributed by atoms with E-state index >= 15 is 0 Å². The maximum atomic E-state index is 11.7. The molecule has 0 bridgehead atoms. The van der Waals surface area contributed by atoms with Gasteiger partial charge in [0.15, 0.2) is 0 Å². The molecule has 26 heavy (non-hydrogen) atoms. The first-order valence-corrected chi connectivity index (χ1v) is 9.95. The van der Waals surface area contributed by atoms with Gasteiger partial charge >= 0.3 is 0 Å². The van der Waals surface area contributed by atoms with E-state index in [1.807, 2.05) is 19.1 Å². The van der Waals surface area contributed by atoms with Crippen LogP contribution in [0.4, 0.5) is 0 Å². The van der Waals surface area contributed by atoms with E-state index in [4.69, 9.17) is 0 Å². The predicted molar refractivity (Wildman–Crippen MR) is 114 cm³/mol. The molecule has 0 aromatic heterocycles. The summed E-state index contributed by atoms with van der Waals surface area (Å²) < 4.78 is 0. The van der Waals surface area contributed by atoms with Crippen LogP contribution in [0.1, 0.15) is 73.6 Å². The van der Waals surface area contributed by atoms with Crippen molar-refractivity contribution in [3.05, 3.63) is 58.7 Å². The highest BCUT2D eigenvalue weighted by molar-refractivity contribution is 5.88. The molecule has 2 nitrogen and oxygen atoms in total. The Morgan fingerprint density at radius 1 is 1.19 bits per heavy atom. The molecule has 2 heteroatoms. The number of hydrogen-bond acceptors (Lipinski definition) is 1. The van der Waals surface area contributed by atoms with E-state index in [0.717, 1.165) is 25.0 Å². The lowest BCUT2D eigenvalue weighted by Gasteiger charge is -2.32. The Balaban J connectivity index is 2.64. The minimum atomic E-state index is -0.0110. The Morgan fingerprint density at radius 3 is 2.58 bits per heavy atom. The molecule has 0 radical (unpaired) electrons. The minimum Gasteiger partial charge on any atom is -0.353 e. The minimum absolute atomic E-state index is 0.0110. The van der Waals surface area contributed by atoms with Crippen molar-refractivity contribution in [3.63, 3.8) is 0 Å². The molecule has 1 N–H and O–H groups in total. The Hall–Kier alpha value is -1.83. The fraction of sp³-hybridized carbons (Fsp3) is 0.542. The van der Waals surface area contributed by atoms with Crippen LogP contribution in [0.25, 0.3) is 0 Å². The highest BCUT2D eigenvalue weighted by Crippen LogP contribution is 2.40. The maximum absolute atomic E-state index is 11.7. The lowest BCUT2D eigenvalue weighted by Crippen LogP contribution is -2.22. The molecule has 0 aromatic carbocycles. The quantitative estimate of drug-likeness (QED) is 0.303. The largest absolute Gasteiger partial charge is 0.353 e. The third kappa shape index (κ3) is 8.03. The SMILES string of the molecule is CCCCNC(=O)/C=C(C)/C=C/C=C(C)/C=C/C1=C(C)CCCC1(C)C. The zero-order valence-electron chi connectivity index (χ0n) is 17.6. The second-order valence-corrected chi connectivity index (χ2v) is 8.07. The van der Waals surface area contributed by atoms with Crippen LogP contribution in [0.2, 0.25) is 0 Å². The van der Waals surface area contributed by atoms with E-state index in [0.29, 0.717) is 0 Å². The van der Waals surface area contributed by atoms with E-state index in [1.54, 1.807) is 6.08 Å².